The summed E-state index contributed by atoms with van der Waals surface area (Å²) in [4.78, 5) is 26.0. The summed E-state index contributed by atoms with van der Waals surface area (Å²) in [6, 6.07) is 2.20. The van der Waals surface area contributed by atoms with Gasteiger partial charge in [0, 0.05) is 18.7 Å². The van der Waals surface area contributed by atoms with E-state index in [1.54, 1.807) is 6.92 Å². The van der Waals surface area contributed by atoms with Crippen molar-refractivity contribution in [3.05, 3.63) is 23.9 Å². The molecule has 1 aromatic rings. The van der Waals surface area contributed by atoms with E-state index in [0.29, 0.717) is 0 Å². The molecule has 22 heavy (non-hydrogen) atoms. The summed E-state index contributed by atoms with van der Waals surface area (Å²) in [5, 5.41) is 11.0. The van der Waals surface area contributed by atoms with Crippen molar-refractivity contribution in [3.8, 4) is 5.88 Å². The van der Waals surface area contributed by atoms with Crippen molar-refractivity contribution in [2.24, 2.45) is 0 Å². The number of carboxylic acid groups (broad SMARTS) is 1. The van der Waals surface area contributed by atoms with Gasteiger partial charge in [-0.15, -0.1) is 0 Å². The number of aliphatic carboxylic acids is 1. The number of halogens is 3. The van der Waals surface area contributed by atoms with E-state index in [9.17, 15) is 22.8 Å². The zero-order valence-corrected chi connectivity index (χ0v) is 11.7. The quantitative estimate of drug-likeness (QED) is 0.802. The molecule has 1 aromatic heterocycles. The summed E-state index contributed by atoms with van der Waals surface area (Å²) >= 11 is 0. The second-order valence-electron chi connectivity index (χ2n) is 4.57. The highest BCUT2D eigenvalue weighted by atomic mass is 19.4. The highest BCUT2D eigenvalue weighted by Crippen LogP contribution is 2.20. The van der Waals surface area contributed by atoms with Gasteiger partial charge in [-0.2, -0.15) is 13.2 Å². The first-order valence-corrected chi connectivity index (χ1v) is 6.36. The number of carboxylic acids is 1. The van der Waals surface area contributed by atoms with Gasteiger partial charge in [-0.1, -0.05) is 0 Å². The van der Waals surface area contributed by atoms with Gasteiger partial charge in [0.15, 0.2) is 6.61 Å². The van der Waals surface area contributed by atoms with Crippen LogP contribution >= 0.6 is 0 Å². The van der Waals surface area contributed by atoms with Gasteiger partial charge in [-0.05, 0) is 25.5 Å². The van der Waals surface area contributed by atoms with Gasteiger partial charge in [0.25, 0.3) is 5.91 Å². The average Bonchev–Trinajstić information content (AvgIpc) is 2.42. The maximum atomic E-state index is 12.2. The van der Waals surface area contributed by atoms with Crippen LogP contribution in [-0.4, -0.2) is 40.8 Å². The summed E-state index contributed by atoms with van der Waals surface area (Å²) in [6.07, 6.45) is -3.28. The lowest BCUT2D eigenvalue weighted by molar-refractivity contribution is -0.154. The van der Waals surface area contributed by atoms with Crippen LogP contribution in [-0.2, 0) is 4.79 Å². The molecule has 0 fully saturated rings. The molecule has 1 amide bonds. The molecule has 0 radical (unpaired) electrons. The van der Waals surface area contributed by atoms with E-state index >= 15 is 0 Å². The standard InChI is InChI=1S/C13H15F3N2O4/c1-8(4-5-10(19)20)18-11(21)9-3-2-6-17-12(9)22-7-13(14,15)16/h2-3,6,8H,4-5,7H2,1H3,(H,18,21)(H,19,20). The minimum absolute atomic E-state index is 0.133. The summed E-state index contributed by atoms with van der Waals surface area (Å²) in [5.74, 6) is -2.11. The highest BCUT2D eigenvalue weighted by molar-refractivity contribution is 5.96. The largest absolute Gasteiger partial charge is 0.481 e. The topological polar surface area (TPSA) is 88.5 Å². The number of rotatable bonds is 7. The molecule has 0 aliphatic carbocycles. The zero-order valence-electron chi connectivity index (χ0n) is 11.7. The minimum atomic E-state index is -4.54. The number of hydrogen-bond donors (Lipinski definition) is 2. The Morgan fingerprint density at radius 1 is 1.45 bits per heavy atom. The first kappa shape index (κ1) is 17.7. The highest BCUT2D eigenvalue weighted by Gasteiger charge is 2.29. The van der Waals surface area contributed by atoms with E-state index in [2.05, 4.69) is 15.0 Å². The molecular weight excluding hydrogens is 305 g/mol. The van der Waals surface area contributed by atoms with E-state index < -0.39 is 36.6 Å². The summed E-state index contributed by atoms with van der Waals surface area (Å²) in [6.45, 7) is 0.0340. The maximum Gasteiger partial charge on any atom is 0.422 e. The molecule has 0 aliphatic heterocycles. The average molecular weight is 320 g/mol. The number of ether oxygens (including phenoxy) is 1. The number of pyridine rings is 1. The lowest BCUT2D eigenvalue weighted by atomic mass is 10.1. The molecule has 9 heteroatoms. The summed E-state index contributed by atoms with van der Waals surface area (Å²) in [5.41, 5.74) is -0.145. The molecule has 2 N–H and O–H groups in total. The number of alkyl halides is 3. The summed E-state index contributed by atoms with van der Waals surface area (Å²) < 4.78 is 41.0. The first-order chi connectivity index (χ1) is 10.2. The monoisotopic (exact) mass is 320 g/mol. The van der Waals surface area contributed by atoms with Crippen molar-refractivity contribution in [1.82, 2.24) is 10.3 Å². The molecule has 0 aliphatic rings. The molecule has 0 saturated heterocycles. The van der Waals surface area contributed by atoms with Crippen LogP contribution in [0.25, 0.3) is 0 Å². The van der Waals surface area contributed by atoms with Gasteiger partial charge in [0.2, 0.25) is 5.88 Å². The van der Waals surface area contributed by atoms with Crippen LogP contribution < -0.4 is 10.1 Å². The Morgan fingerprint density at radius 2 is 2.14 bits per heavy atom. The van der Waals surface area contributed by atoms with Crippen LogP contribution in [0.3, 0.4) is 0 Å². The van der Waals surface area contributed by atoms with Gasteiger partial charge >= 0.3 is 12.1 Å². The van der Waals surface area contributed by atoms with Crippen LogP contribution in [0.1, 0.15) is 30.1 Å². The molecule has 1 heterocycles. The fraction of sp³-hybridized carbons (Fsp3) is 0.462. The molecule has 122 valence electrons. The Hall–Kier alpha value is -2.32. The number of carbonyl (C=O) groups is 2. The van der Waals surface area contributed by atoms with E-state index in [-0.39, 0.29) is 18.4 Å². The van der Waals surface area contributed by atoms with Gasteiger partial charge in [-0.25, -0.2) is 4.98 Å². The Morgan fingerprint density at radius 3 is 2.73 bits per heavy atom. The van der Waals surface area contributed by atoms with E-state index in [0.717, 1.165) is 0 Å². The molecule has 1 unspecified atom stereocenters. The van der Waals surface area contributed by atoms with Gasteiger partial charge in [0.05, 0.1) is 0 Å². The van der Waals surface area contributed by atoms with Crippen molar-refractivity contribution in [2.45, 2.75) is 32.0 Å². The van der Waals surface area contributed by atoms with Crippen LogP contribution in [0.15, 0.2) is 18.3 Å². The third-order valence-electron chi connectivity index (χ3n) is 2.56. The van der Waals surface area contributed by atoms with Crippen LogP contribution in [0.2, 0.25) is 0 Å². The molecule has 6 nitrogen and oxygen atoms in total. The molecule has 0 aromatic carbocycles. The fourth-order valence-corrected chi connectivity index (χ4v) is 1.54. The van der Waals surface area contributed by atoms with E-state index in [1.165, 1.54) is 18.3 Å². The van der Waals surface area contributed by atoms with Crippen molar-refractivity contribution in [3.63, 3.8) is 0 Å². The minimum Gasteiger partial charge on any atom is -0.481 e. The molecule has 1 rings (SSSR count). The molecular formula is C13H15F3N2O4. The smallest absolute Gasteiger partial charge is 0.422 e. The van der Waals surface area contributed by atoms with Crippen LogP contribution in [0.4, 0.5) is 13.2 Å². The second-order valence-corrected chi connectivity index (χ2v) is 4.57. The van der Waals surface area contributed by atoms with Gasteiger partial charge in [-0.3, -0.25) is 9.59 Å². The number of hydrogen-bond acceptors (Lipinski definition) is 4. The molecule has 0 bridgehead atoms. The molecule has 0 saturated carbocycles. The Kier molecular flexibility index (Phi) is 6.14. The van der Waals surface area contributed by atoms with Gasteiger partial charge < -0.3 is 15.2 Å². The van der Waals surface area contributed by atoms with E-state index in [1.807, 2.05) is 0 Å². The van der Waals surface area contributed by atoms with Crippen molar-refractivity contribution in [1.29, 1.82) is 0 Å². The second kappa shape index (κ2) is 7.62. The lowest BCUT2D eigenvalue weighted by Crippen LogP contribution is -2.33. The third kappa shape index (κ3) is 6.42. The Balaban J connectivity index is 2.70. The number of nitrogens with one attached hydrogen (secondary N) is 1. The molecule has 1 atom stereocenters. The van der Waals surface area contributed by atoms with Crippen LogP contribution in [0.5, 0.6) is 5.88 Å². The SMILES string of the molecule is CC(CCC(=O)O)NC(=O)c1cccnc1OCC(F)(F)F. The van der Waals surface area contributed by atoms with Crippen molar-refractivity contribution < 1.29 is 32.6 Å². The predicted molar refractivity (Wildman–Crippen MR) is 69.6 cm³/mol. The Labute approximate surface area is 124 Å². The van der Waals surface area contributed by atoms with Crippen LogP contribution in [0, 0.1) is 0 Å². The van der Waals surface area contributed by atoms with E-state index in [4.69, 9.17) is 5.11 Å². The van der Waals surface area contributed by atoms with Crippen molar-refractivity contribution in [2.75, 3.05) is 6.61 Å². The Bertz CT molecular complexity index is 534. The van der Waals surface area contributed by atoms with Gasteiger partial charge in [0.1, 0.15) is 5.56 Å². The number of amides is 1. The number of nitrogens with zero attached hydrogens (tertiary/aromatic N) is 1. The first-order valence-electron chi connectivity index (χ1n) is 6.36. The normalized spacial score (nSPS) is 12.5. The lowest BCUT2D eigenvalue weighted by Gasteiger charge is -2.15. The summed E-state index contributed by atoms with van der Waals surface area (Å²) in [7, 11) is 0. The molecule has 0 spiro atoms. The third-order valence-corrected chi connectivity index (χ3v) is 2.56. The number of aromatic nitrogens is 1. The fourth-order valence-electron chi connectivity index (χ4n) is 1.54. The maximum absolute atomic E-state index is 12.2. The number of carbonyl (C=O) groups excluding carboxylic acids is 1. The van der Waals surface area contributed by atoms with Crippen molar-refractivity contribution >= 4 is 11.9 Å². The predicted octanol–water partition coefficient (Wildman–Crippen LogP) is 2.01. The zero-order chi connectivity index (χ0) is 16.8.